The summed E-state index contributed by atoms with van der Waals surface area (Å²) in [4.78, 5) is 12.0. The minimum absolute atomic E-state index is 0.0720. The van der Waals surface area contributed by atoms with E-state index >= 15 is 0 Å². The summed E-state index contributed by atoms with van der Waals surface area (Å²) in [6.45, 7) is 2.62. The molecule has 1 aromatic carbocycles. The molecule has 0 unspecified atom stereocenters. The molecule has 3 heteroatoms. The van der Waals surface area contributed by atoms with Gasteiger partial charge < -0.3 is 10.4 Å². The number of phenols is 1. The molecular formula is C15H19NO2. The van der Waals surface area contributed by atoms with E-state index in [4.69, 9.17) is 0 Å². The zero-order chi connectivity index (χ0) is 12.8. The Hall–Kier alpha value is -1.51. The molecule has 0 atom stereocenters. The monoisotopic (exact) mass is 245 g/mol. The summed E-state index contributed by atoms with van der Waals surface area (Å²) in [6, 6.07) is 5.08. The van der Waals surface area contributed by atoms with Gasteiger partial charge in [-0.2, -0.15) is 0 Å². The fourth-order valence-corrected chi connectivity index (χ4v) is 2.69. The Kier molecular flexibility index (Phi) is 2.58. The third-order valence-corrected chi connectivity index (χ3v) is 4.41. The number of phenolic OH excluding ortho intramolecular Hbond substituents is 1. The molecule has 0 aliphatic heterocycles. The molecule has 0 saturated heterocycles. The molecule has 2 aliphatic rings. The van der Waals surface area contributed by atoms with Crippen LogP contribution in [0.4, 0.5) is 0 Å². The summed E-state index contributed by atoms with van der Waals surface area (Å²) in [5.41, 5.74) is 1.76. The van der Waals surface area contributed by atoms with E-state index in [1.807, 2.05) is 6.92 Å². The first-order chi connectivity index (χ1) is 8.61. The van der Waals surface area contributed by atoms with Crippen molar-refractivity contribution in [2.45, 2.75) is 32.6 Å². The summed E-state index contributed by atoms with van der Waals surface area (Å²) in [5.74, 6) is 0.965. The van der Waals surface area contributed by atoms with Gasteiger partial charge in [0, 0.05) is 12.1 Å². The number of carbonyl (C=O) groups excluding carboxylic acids is 1. The molecule has 0 spiro atoms. The highest BCUT2D eigenvalue weighted by Crippen LogP contribution is 2.60. The van der Waals surface area contributed by atoms with Crippen LogP contribution in [0.1, 0.15) is 41.6 Å². The van der Waals surface area contributed by atoms with Crippen LogP contribution in [-0.4, -0.2) is 17.6 Å². The molecule has 2 aliphatic carbocycles. The first kappa shape index (κ1) is 11.6. The normalized spacial score (nSPS) is 20.5. The number of hydrogen-bond acceptors (Lipinski definition) is 2. The van der Waals surface area contributed by atoms with Crippen molar-refractivity contribution in [3.05, 3.63) is 29.3 Å². The van der Waals surface area contributed by atoms with Gasteiger partial charge in [0.15, 0.2) is 0 Å². The molecule has 1 amide bonds. The van der Waals surface area contributed by atoms with E-state index in [1.165, 1.54) is 25.7 Å². The zero-order valence-electron chi connectivity index (χ0n) is 10.7. The average Bonchev–Trinajstić information content (AvgIpc) is 3.22. The van der Waals surface area contributed by atoms with Gasteiger partial charge in [0.05, 0.1) is 0 Å². The van der Waals surface area contributed by atoms with Crippen LogP contribution in [0.3, 0.4) is 0 Å². The number of carbonyl (C=O) groups is 1. The lowest BCUT2D eigenvalue weighted by Crippen LogP contribution is -2.31. The highest BCUT2D eigenvalue weighted by Gasteiger charge is 2.53. The highest BCUT2D eigenvalue weighted by atomic mass is 16.3. The second kappa shape index (κ2) is 4.01. The van der Waals surface area contributed by atoms with Gasteiger partial charge in [-0.15, -0.1) is 0 Å². The zero-order valence-corrected chi connectivity index (χ0v) is 10.7. The van der Waals surface area contributed by atoms with Crippen molar-refractivity contribution in [1.29, 1.82) is 0 Å². The Labute approximate surface area is 107 Å². The molecule has 0 heterocycles. The number of nitrogens with one attached hydrogen (secondary N) is 1. The van der Waals surface area contributed by atoms with Gasteiger partial charge in [0.1, 0.15) is 5.75 Å². The van der Waals surface area contributed by atoms with Crippen molar-refractivity contribution in [2.75, 3.05) is 6.54 Å². The predicted molar refractivity (Wildman–Crippen MR) is 69.6 cm³/mol. The van der Waals surface area contributed by atoms with Crippen LogP contribution in [0.15, 0.2) is 18.2 Å². The number of hydrogen-bond donors (Lipinski definition) is 2. The Bertz CT molecular complexity index is 487. The van der Waals surface area contributed by atoms with Crippen LogP contribution in [0, 0.1) is 18.3 Å². The molecule has 18 heavy (non-hydrogen) atoms. The summed E-state index contributed by atoms with van der Waals surface area (Å²) in [6.07, 6.45) is 5.19. The third-order valence-electron chi connectivity index (χ3n) is 4.41. The molecule has 0 aromatic heterocycles. The largest absolute Gasteiger partial charge is 0.508 e. The van der Waals surface area contributed by atoms with E-state index in [0.717, 1.165) is 18.0 Å². The SMILES string of the molecule is Cc1ccc(C(=O)NCC2(C3CC3)CC2)cc1O. The van der Waals surface area contributed by atoms with Gasteiger partial charge >= 0.3 is 0 Å². The van der Waals surface area contributed by atoms with Crippen LogP contribution in [0.2, 0.25) is 0 Å². The molecule has 3 nitrogen and oxygen atoms in total. The standard InChI is InChI=1S/C15H19NO2/c1-10-2-3-11(8-13(10)17)14(18)16-9-15(6-7-15)12-4-5-12/h2-3,8,12,17H,4-7,9H2,1H3,(H,16,18). The number of aromatic hydroxyl groups is 1. The maximum absolute atomic E-state index is 12.0. The van der Waals surface area contributed by atoms with Crippen molar-refractivity contribution >= 4 is 5.91 Å². The van der Waals surface area contributed by atoms with Crippen molar-refractivity contribution in [2.24, 2.45) is 11.3 Å². The Balaban J connectivity index is 1.62. The minimum atomic E-state index is -0.0720. The van der Waals surface area contributed by atoms with Crippen LogP contribution < -0.4 is 5.32 Å². The quantitative estimate of drug-likeness (QED) is 0.856. The fourth-order valence-electron chi connectivity index (χ4n) is 2.69. The lowest BCUT2D eigenvalue weighted by atomic mass is 10.0. The Morgan fingerprint density at radius 2 is 2.17 bits per heavy atom. The lowest BCUT2D eigenvalue weighted by molar-refractivity contribution is 0.0942. The van der Waals surface area contributed by atoms with E-state index in [2.05, 4.69) is 5.32 Å². The molecule has 0 bridgehead atoms. The van der Waals surface area contributed by atoms with Crippen molar-refractivity contribution in [3.8, 4) is 5.75 Å². The molecule has 2 fully saturated rings. The molecule has 96 valence electrons. The van der Waals surface area contributed by atoms with Crippen LogP contribution in [-0.2, 0) is 0 Å². The Morgan fingerprint density at radius 3 is 2.72 bits per heavy atom. The van der Waals surface area contributed by atoms with E-state index in [9.17, 15) is 9.90 Å². The van der Waals surface area contributed by atoms with Crippen molar-refractivity contribution in [3.63, 3.8) is 0 Å². The van der Waals surface area contributed by atoms with Crippen LogP contribution >= 0.6 is 0 Å². The molecular weight excluding hydrogens is 226 g/mol. The van der Waals surface area contributed by atoms with Gasteiger partial charge in [0.2, 0.25) is 0 Å². The lowest BCUT2D eigenvalue weighted by Gasteiger charge is -2.15. The summed E-state index contributed by atoms with van der Waals surface area (Å²) in [7, 11) is 0. The van der Waals surface area contributed by atoms with Crippen molar-refractivity contribution in [1.82, 2.24) is 5.32 Å². The second-order valence-corrected chi connectivity index (χ2v) is 5.82. The molecule has 2 saturated carbocycles. The summed E-state index contributed by atoms with van der Waals surface area (Å²) in [5, 5.41) is 12.6. The van der Waals surface area contributed by atoms with Gasteiger partial charge in [-0.3, -0.25) is 4.79 Å². The smallest absolute Gasteiger partial charge is 0.251 e. The number of aryl methyl sites for hydroxylation is 1. The number of amides is 1. The van der Waals surface area contributed by atoms with E-state index in [-0.39, 0.29) is 11.7 Å². The average molecular weight is 245 g/mol. The summed E-state index contributed by atoms with van der Waals surface area (Å²) >= 11 is 0. The molecule has 3 rings (SSSR count). The third kappa shape index (κ3) is 2.09. The van der Waals surface area contributed by atoms with E-state index < -0.39 is 0 Å². The second-order valence-electron chi connectivity index (χ2n) is 5.82. The highest BCUT2D eigenvalue weighted by molar-refractivity contribution is 5.94. The minimum Gasteiger partial charge on any atom is -0.508 e. The molecule has 2 N–H and O–H groups in total. The van der Waals surface area contributed by atoms with E-state index in [1.54, 1.807) is 18.2 Å². The van der Waals surface area contributed by atoms with Crippen LogP contribution in [0.5, 0.6) is 5.75 Å². The van der Waals surface area contributed by atoms with Gasteiger partial charge in [-0.1, -0.05) is 6.07 Å². The van der Waals surface area contributed by atoms with Crippen LogP contribution in [0.25, 0.3) is 0 Å². The maximum atomic E-state index is 12.0. The first-order valence-corrected chi connectivity index (χ1v) is 6.69. The predicted octanol–water partition coefficient (Wildman–Crippen LogP) is 2.62. The van der Waals surface area contributed by atoms with Gasteiger partial charge in [-0.25, -0.2) is 0 Å². The topological polar surface area (TPSA) is 49.3 Å². The fraction of sp³-hybridized carbons (Fsp3) is 0.533. The summed E-state index contributed by atoms with van der Waals surface area (Å²) < 4.78 is 0. The molecule has 0 radical (unpaired) electrons. The number of rotatable bonds is 4. The first-order valence-electron chi connectivity index (χ1n) is 6.69. The Morgan fingerprint density at radius 1 is 1.44 bits per heavy atom. The number of benzene rings is 1. The van der Waals surface area contributed by atoms with E-state index in [0.29, 0.717) is 11.0 Å². The van der Waals surface area contributed by atoms with Gasteiger partial charge in [0.25, 0.3) is 5.91 Å². The van der Waals surface area contributed by atoms with Gasteiger partial charge in [-0.05, 0) is 61.6 Å². The maximum Gasteiger partial charge on any atom is 0.251 e. The molecule has 1 aromatic rings. The van der Waals surface area contributed by atoms with Crippen molar-refractivity contribution < 1.29 is 9.90 Å².